The number of halogens is 1. The van der Waals surface area contributed by atoms with E-state index in [1.165, 1.54) is 6.07 Å². The minimum absolute atomic E-state index is 0.113. The van der Waals surface area contributed by atoms with Gasteiger partial charge in [0.15, 0.2) is 0 Å². The van der Waals surface area contributed by atoms with E-state index in [4.69, 9.17) is 11.6 Å². The first-order chi connectivity index (χ1) is 9.84. The van der Waals surface area contributed by atoms with Crippen molar-refractivity contribution in [3.63, 3.8) is 0 Å². The van der Waals surface area contributed by atoms with Gasteiger partial charge < -0.3 is 10.4 Å². The number of hydrogen-bond donors (Lipinski definition) is 2. The molecule has 1 aliphatic carbocycles. The van der Waals surface area contributed by atoms with Crippen molar-refractivity contribution in [3.05, 3.63) is 27.4 Å². The van der Waals surface area contributed by atoms with Gasteiger partial charge in [0.2, 0.25) is 0 Å². The minimum atomic E-state index is -0.898. The Hall–Kier alpha value is -1.89. The summed E-state index contributed by atoms with van der Waals surface area (Å²) in [5.74, 6) is -0.584. The van der Waals surface area contributed by atoms with Gasteiger partial charge in [-0.05, 0) is 19.8 Å². The molecule has 0 radical (unpaired) electrons. The lowest BCUT2D eigenvalue weighted by Crippen LogP contribution is -2.46. The molecule has 1 aromatic heterocycles. The van der Waals surface area contributed by atoms with Crippen LogP contribution in [0.1, 0.15) is 32.6 Å². The summed E-state index contributed by atoms with van der Waals surface area (Å²) in [6, 6.07) is 0.896. The van der Waals surface area contributed by atoms with E-state index in [2.05, 4.69) is 10.3 Å². The summed E-state index contributed by atoms with van der Waals surface area (Å²) >= 11 is 5.99. The van der Waals surface area contributed by atoms with Crippen molar-refractivity contribution in [3.8, 4) is 0 Å². The molecule has 1 aliphatic rings. The highest BCUT2D eigenvalue weighted by Gasteiger charge is 2.43. The van der Waals surface area contributed by atoms with Crippen LogP contribution in [0.2, 0.25) is 5.02 Å². The Labute approximate surface area is 126 Å². The second-order valence-electron chi connectivity index (χ2n) is 5.45. The number of aromatic nitrogens is 1. The molecule has 7 nitrogen and oxygen atoms in total. The van der Waals surface area contributed by atoms with Gasteiger partial charge in [0.1, 0.15) is 12.0 Å². The molecule has 1 aromatic rings. The average Bonchev–Trinajstić information content (AvgIpc) is 2.43. The number of nitrogens with zero attached hydrogens (tertiary/aromatic N) is 2. The Balaban J connectivity index is 2.24. The van der Waals surface area contributed by atoms with Crippen molar-refractivity contribution in [1.29, 1.82) is 0 Å². The Kier molecular flexibility index (Phi) is 4.32. The van der Waals surface area contributed by atoms with E-state index in [9.17, 15) is 20.0 Å². The Morgan fingerprint density at radius 2 is 2.33 bits per heavy atom. The SMILES string of the molecule is CC1(C(=O)O)CCCCC1Nc1ncc([N+](=O)[O-])cc1Cl. The maximum absolute atomic E-state index is 11.5. The molecule has 1 heterocycles. The zero-order valence-corrected chi connectivity index (χ0v) is 12.3. The number of carboxylic acid groups (broad SMARTS) is 1. The minimum Gasteiger partial charge on any atom is -0.481 e. The number of carbonyl (C=O) groups is 1. The van der Waals surface area contributed by atoms with Crippen LogP contribution >= 0.6 is 11.6 Å². The first kappa shape index (κ1) is 15.5. The molecule has 0 aliphatic heterocycles. The number of nitrogens with one attached hydrogen (secondary N) is 1. The lowest BCUT2D eigenvalue weighted by atomic mass is 9.71. The lowest BCUT2D eigenvalue weighted by molar-refractivity contribution is -0.385. The largest absolute Gasteiger partial charge is 0.481 e. The van der Waals surface area contributed by atoms with E-state index < -0.39 is 16.3 Å². The zero-order chi connectivity index (χ0) is 15.6. The summed E-state index contributed by atoms with van der Waals surface area (Å²) in [5.41, 5.74) is -1.10. The average molecular weight is 314 g/mol. The Bertz CT molecular complexity index is 581. The van der Waals surface area contributed by atoms with Gasteiger partial charge >= 0.3 is 5.97 Å². The predicted molar refractivity (Wildman–Crippen MR) is 77.5 cm³/mol. The van der Waals surface area contributed by atoms with Crippen LogP contribution < -0.4 is 5.32 Å². The van der Waals surface area contributed by atoms with Crippen LogP contribution in [0.4, 0.5) is 11.5 Å². The smallest absolute Gasteiger partial charge is 0.311 e. The van der Waals surface area contributed by atoms with E-state index in [1.54, 1.807) is 6.92 Å². The standard InChI is InChI=1S/C13H16ClN3O4/c1-13(12(18)19)5-3-2-4-10(13)16-11-9(14)6-8(7-15-11)17(20)21/h6-7,10H,2-5H2,1H3,(H,15,16)(H,18,19). The van der Waals surface area contributed by atoms with Crippen molar-refractivity contribution in [2.45, 2.75) is 38.6 Å². The second-order valence-corrected chi connectivity index (χ2v) is 5.85. The van der Waals surface area contributed by atoms with Crippen LogP contribution in [-0.4, -0.2) is 27.0 Å². The highest BCUT2D eigenvalue weighted by atomic mass is 35.5. The number of aliphatic carboxylic acids is 1. The Morgan fingerprint density at radius 3 is 2.90 bits per heavy atom. The van der Waals surface area contributed by atoms with Crippen LogP contribution in [0.25, 0.3) is 0 Å². The molecular weight excluding hydrogens is 298 g/mol. The first-order valence-corrected chi connectivity index (χ1v) is 7.02. The van der Waals surface area contributed by atoms with Crippen LogP contribution in [-0.2, 0) is 4.79 Å². The van der Waals surface area contributed by atoms with E-state index >= 15 is 0 Å². The molecule has 2 atom stereocenters. The summed E-state index contributed by atoms with van der Waals surface area (Å²) in [4.78, 5) is 25.5. The molecule has 1 saturated carbocycles. The summed E-state index contributed by atoms with van der Waals surface area (Å²) in [5, 5.41) is 23.3. The van der Waals surface area contributed by atoms with Crippen LogP contribution in [0.3, 0.4) is 0 Å². The summed E-state index contributed by atoms with van der Waals surface area (Å²) in [6.07, 6.45) is 4.16. The monoisotopic (exact) mass is 313 g/mol. The maximum atomic E-state index is 11.5. The van der Waals surface area contributed by atoms with E-state index in [-0.39, 0.29) is 22.6 Å². The third-order valence-corrected chi connectivity index (χ3v) is 4.33. The normalized spacial score (nSPS) is 25.3. The van der Waals surface area contributed by atoms with Crippen LogP contribution in [0.5, 0.6) is 0 Å². The topological polar surface area (TPSA) is 105 Å². The zero-order valence-electron chi connectivity index (χ0n) is 11.5. The highest BCUT2D eigenvalue weighted by Crippen LogP contribution is 2.39. The van der Waals surface area contributed by atoms with Gasteiger partial charge in [0.05, 0.1) is 15.4 Å². The van der Waals surface area contributed by atoms with Crippen LogP contribution in [0, 0.1) is 15.5 Å². The molecule has 114 valence electrons. The number of rotatable bonds is 4. The number of nitro groups is 1. The fourth-order valence-corrected chi connectivity index (χ4v) is 2.83. The van der Waals surface area contributed by atoms with Gasteiger partial charge in [-0.25, -0.2) is 4.98 Å². The molecule has 8 heteroatoms. The maximum Gasteiger partial charge on any atom is 0.311 e. The summed E-state index contributed by atoms with van der Waals surface area (Å²) in [6.45, 7) is 1.70. The van der Waals surface area contributed by atoms with Gasteiger partial charge in [-0.15, -0.1) is 0 Å². The Morgan fingerprint density at radius 1 is 1.62 bits per heavy atom. The van der Waals surface area contributed by atoms with E-state index in [0.717, 1.165) is 19.0 Å². The van der Waals surface area contributed by atoms with E-state index in [0.29, 0.717) is 12.8 Å². The van der Waals surface area contributed by atoms with Crippen molar-refractivity contribution in [2.24, 2.45) is 5.41 Å². The van der Waals surface area contributed by atoms with Gasteiger partial charge in [-0.3, -0.25) is 14.9 Å². The third-order valence-electron chi connectivity index (χ3n) is 4.05. The quantitative estimate of drug-likeness (QED) is 0.653. The molecule has 21 heavy (non-hydrogen) atoms. The van der Waals surface area contributed by atoms with Crippen molar-refractivity contribution >= 4 is 29.1 Å². The molecule has 2 N–H and O–H groups in total. The molecule has 0 aromatic carbocycles. The third kappa shape index (κ3) is 3.07. The molecule has 1 fully saturated rings. The number of anilines is 1. The number of pyridine rings is 1. The summed E-state index contributed by atoms with van der Waals surface area (Å²) in [7, 11) is 0. The van der Waals surface area contributed by atoms with Gasteiger partial charge in [0.25, 0.3) is 5.69 Å². The number of hydrogen-bond acceptors (Lipinski definition) is 5. The van der Waals surface area contributed by atoms with Crippen molar-refractivity contribution in [2.75, 3.05) is 5.32 Å². The molecule has 0 spiro atoms. The molecule has 0 amide bonds. The molecule has 2 rings (SSSR count). The molecule has 0 saturated heterocycles. The van der Waals surface area contributed by atoms with Crippen molar-refractivity contribution in [1.82, 2.24) is 4.98 Å². The molecular formula is C13H16ClN3O4. The molecule has 2 unspecified atom stereocenters. The predicted octanol–water partition coefficient (Wildman–Crippen LogP) is 3.09. The second kappa shape index (κ2) is 5.85. The fraction of sp³-hybridized carbons (Fsp3) is 0.538. The first-order valence-electron chi connectivity index (χ1n) is 6.64. The van der Waals surface area contributed by atoms with Gasteiger partial charge in [0, 0.05) is 12.1 Å². The summed E-state index contributed by atoms with van der Waals surface area (Å²) < 4.78 is 0. The molecule has 0 bridgehead atoms. The highest BCUT2D eigenvalue weighted by molar-refractivity contribution is 6.33. The van der Waals surface area contributed by atoms with Crippen molar-refractivity contribution < 1.29 is 14.8 Å². The van der Waals surface area contributed by atoms with Gasteiger partial charge in [-0.1, -0.05) is 24.4 Å². The lowest BCUT2D eigenvalue weighted by Gasteiger charge is -2.38. The van der Waals surface area contributed by atoms with Crippen LogP contribution in [0.15, 0.2) is 12.3 Å². The fourth-order valence-electron chi connectivity index (χ4n) is 2.62. The van der Waals surface area contributed by atoms with E-state index in [1.807, 2.05) is 0 Å². The van der Waals surface area contributed by atoms with Gasteiger partial charge in [-0.2, -0.15) is 0 Å². The number of carboxylic acids is 1.